The minimum absolute atomic E-state index is 0.225. The van der Waals surface area contributed by atoms with Gasteiger partial charge in [-0.2, -0.15) is 4.98 Å². The predicted octanol–water partition coefficient (Wildman–Crippen LogP) is 1.41. The van der Waals surface area contributed by atoms with Crippen LogP contribution in [0.5, 0.6) is 0 Å². The fourth-order valence-electron chi connectivity index (χ4n) is 2.54. The molecule has 0 amide bonds. The van der Waals surface area contributed by atoms with Crippen LogP contribution in [-0.2, 0) is 13.5 Å². The van der Waals surface area contributed by atoms with Gasteiger partial charge in [-0.3, -0.25) is 0 Å². The molecule has 21 heavy (non-hydrogen) atoms. The SMILES string of the molecule is Cn1c(Cc2nc(N)nc3nc[nH]c23)nc2ccccc21. The van der Waals surface area contributed by atoms with Crippen molar-refractivity contribution in [3.8, 4) is 0 Å². The van der Waals surface area contributed by atoms with E-state index in [4.69, 9.17) is 5.73 Å². The van der Waals surface area contributed by atoms with Gasteiger partial charge in [-0.05, 0) is 12.1 Å². The number of aryl methyl sites for hydroxylation is 1. The number of rotatable bonds is 2. The first-order chi connectivity index (χ1) is 10.2. The lowest BCUT2D eigenvalue weighted by molar-refractivity contribution is 0.834. The number of H-pyrrole nitrogens is 1. The molecule has 0 aliphatic rings. The highest BCUT2D eigenvalue weighted by Gasteiger charge is 2.13. The second-order valence-corrected chi connectivity index (χ2v) is 4.88. The van der Waals surface area contributed by atoms with Gasteiger partial charge in [0.25, 0.3) is 0 Å². The molecule has 0 fully saturated rings. The largest absolute Gasteiger partial charge is 0.368 e. The number of fused-ring (bicyclic) bond motifs is 2. The molecule has 4 aromatic rings. The Morgan fingerprint density at radius 1 is 1.19 bits per heavy atom. The maximum Gasteiger partial charge on any atom is 0.222 e. The fraction of sp³-hybridized carbons (Fsp3) is 0.143. The fourth-order valence-corrected chi connectivity index (χ4v) is 2.54. The van der Waals surface area contributed by atoms with E-state index in [1.165, 1.54) is 0 Å². The van der Waals surface area contributed by atoms with Crippen molar-refractivity contribution in [1.29, 1.82) is 0 Å². The number of nitrogen functional groups attached to an aromatic ring is 1. The molecule has 0 radical (unpaired) electrons. The summed E-state index contributed by atoms with van der Waals surface area (Å²) in [7, 11) is 2.00. The molecule has 0 saturated carbocycles. The third-order valence-corrected chi connectivity index (χ3v) is 3.58. The topological polar surface area (TPSA) is 98.3 Å². The highest BCUT2D eigenvalue weighted by atomic mass is 15.1. The molecule has 7 heteroatoms. The Kier molecular flexibility index (Phi) is 2.41. The van der Waals surface area contributed by atoms with E-state index < -0.39 is 0 Å². The van der Waals surface area contributed by atoms with E-state index in [0.717, 1.165) is 28.1 Å². The van der Waals surface area contributed by atoms with Gasteiger partial charge in [0, 0.05) is 7.05 Å². The van der Waals surface area contributed by atoms with Crippen molar-refractivity contribution >= 4 is 28.1 Å². The van der Waals surface area contributed by atoms with E-state index in [1.807, 2.05) is 31.3 Å². The van der Waals surface area contributed by atoms with Crippen molar-refractivity contribution in [3.63, 3.8) is 0 Å². The zero-order valence-electron chi connectivity index (χ0n) is 11.4. The number of imidazole rings is 2. The van der Waals surface area contributed by atoms with E-state index in [1.54, 1.807) is 6.33 Å². The van der Waals surface area contributed by atoms with Gasteiger partial charge in [-0.25, -0.2) is 15.0 Å². The van der Waals surface area contributed by atoms with Crippen LogP contribution >= 0.6 is 0 Å². The number of aromatic nitrogens is 6. The quantitative estimate of drug-likeness (QED) is 0.578. The van der Waals surface area contributed by atoms with Gasteiger partial charge < -0.3 is 15.3 Å². The maximum absolute atomic E-state index is 5.75. The van der Waals surface area contributed by atoms with Crippen LogP contribution in [0.25, 0.3) is 22.2 Å². The Bertz CT molecular complexity index is 950. The Morgan fingerprint density at radius 2 is 2.05 bits per heavy atom. The van der Waals surface area contributed by atoms with Crippen LogP contribution in [0.2, 0.25) is 0 Å². The zero-order chi connectivity index (χ0) is 14.4. The number of aromatic amines is 1. The summed E-state index contributed by atoms with van der Waals surface area (Å²) in [5.41, 5.74) is 9.99. The van der Waals surface area contributed by atoms with Crippen LogP contribution in [-0.4, -0.2) is 29.5 Å². The molecule has 0 saturated heterocycles. The van der Waals surface area contributed by atoms with Gasteiger partial charge in [0.1, 0.15) is 11.3 Å². The summed E-state index contributed by atoms with van der Waals surface area (Å²) < 4.78 is 2.07. The molecule has 104 valence electrons. The summed E-state index contributed by atoms with van der Waals surface area (Å²) in [6, 6.07) is 8.03. The van der Waals surface area contributed by atoms with Gasteiger partial charge in [0.05, 0.1) is 29.5 Å². The molecular weight excluding hydrogens is 266 g/mol. The third kappa shape index (κ3) is 1.82. The highest BCUT2D eigenvalue weighted by molar-refractivity contribution is 5.77. The van der Waals surface area contributed by atoms with E-state index in [2.05, 4.69) is 29.5 Å². The summed E-state index contributed by atoms with van der Waals surface area (Å²) in [6.07, 6.45) is 2.16. The number of para-hydroxylation sites is 2. The Labute approximate surface area is 119 Å². The first kappa shape index (κ1) is 11.8. The molecule has 0 unspecified atom stereocenters. The molecule has 3 N–H and O–H groups in total. The smallest absolute Gasteiger partial charge is 0.222 e. The van der Waals surface area contributed by atoms with Crippen LogP contribution in [0.4, 0.5) is 5.95 Å². The number of benzene rings is 1. The van der Waals surface area contributed by atoms with E-state index >= 15 is 0 Å². The lowest BCUT2D eigenvalue weighted by atomic mass is 10.2. The molecule has 1 aromatic carbocycles. The number of hydrogen-bond donors (Lipinski definition) is 2. The van der Waals surface area contributed by atoms with Gasteiger partial charge in [0.15, 0.2) is 5.65 Å². The lowest BCUT2D eigenvalue weighted by Gasteiger charge is -2.04. The summed E-state index contributed by atoms with van der Waals surface area (Å²) in [4.78, 5) is 20.3. The first-order valence-corrected chi connectivity index (χ1v) is 6.58. The standard InChI is InChI=1S/C14H13N7/c1-21-10-5-3-2-4-8(10)18-11(21)6-9-12-13(17-7-16-12)20-14(15)19-9/h2-5,7H,6H2,1H3,(H3,15,16,17,19,20). The van der Waals surface area contributed by atoms with Gasteiger partial charge >= 0.3 is 0 Å². The second-order valence-electron chi connectivity index (χ2n) is 4.88. The Hall–Kier alpha value is -2.96. The van der Waals surface area contributed by atoms with Crippen LogP contribution in [0.15, 0.2) is 30.6 Å². The number of hydrogen-bond acceptors (Lipinski definition) is 5. The van der Waals surface area contributed by atoms with Crippen LogP contribution in [0.1, 0.15) is 11.5 Å². The number of nitrogens with one attached hydrogen (secondary N) is 1. The van der Waals surface area contributed by atoms with Crippen LogP contribution < -0.4 is 5.73 Å². The van der Waals surface area contributed by atoms with E-state index in [0.29, 0.717) is 12.1 Å². The number of nitrogens with two attached hydrogens (primary N) is 1. The summed E-state index contributed by atoms with van der Waals surface area (Å²) >= 11 is 0. The van der Waals surface area contributed by atoms with E-state index in [-0.39, 0.29) is 5.95 Å². The molecule has 4 rings (SSSR count). The van der Waals surface area contributed by atoms with Crippen molar-refractivity contribution in [2.24, 2.45) is 7.05 Å². The minimum atomic E-state index is 0.225. The number of nitrogens with zero attached hydrogens (tertiary/aromatic N) is 5. The highest BCUT2D eigenvalue weighted by Crippen LogP contribution is 2.19. The Balaban J connectivity index is 1.86. The van der Waals surface area contributed by atoms with Gasteiger partial charge in [-0.15, -0.1) is 0 Å². The summed E-state index contributed by atoms with van der Waals surface area (Å²) in [6.45, 7) is 0. The third-order valence-electron chi connectivity index (χ3n) is 3.58. The van der Waals surface area contributed by atoms with Crippen molar-refractivity contribution in [1.82, 2.24) is 29.5 Å². The molecule has 0 aliphatic heterocycles. The molecular formula is C14H13N7. The van der Waals surface area contributed by atoms with Gasteiger partial charge in [0.2, 0.25) is 5.95 Å². The molecule has 0 aliphatic carbocycles. The van der Waals surface area contributed by atoms with Crippen LogP contribution in [0.3, 0.4) is 0 Å². The molecule has 0 bridgehead atoms. The molecule has 0 atom stereocenters. The zero-order valence-corrected chi connectivity index (χ0v) is 11.4. The maximum atomic E-state index is 5.75. The summed E-state index contributed by atoms with van der Waals surface area (Å²) in [5, 5.41) is 0. The first-order valence-electron chi connectivity index (χ1n) is 6.58. The van der Waals surface area contributed by atoms with Crippen molar-refractivity contribution < 1.29 is 0 Å². The minimum Gasteiger partial charge on any atom is -0.368 e. The molecule has 7 nitrogen and oxygen atoms in total. The molecule has 0 spiro atoms. The average Bonchev–Trinajstić information content (AvgIpc) is 3.05. The predicted molar refractivity (Wildman–Crippen MR) is 79.6 cm³/mol. The second kappa shape index (κ2) is 4.27. The van der Waals surface area contributed by atoms with E-state index in [9.17, 15) is 0 Å². The Morgan fingerprint density at radius 3 is 2.90 bits per heavy atom. The molecule has 3 heterocycles. The summed E-state index contributed by atoms with van der Waals surface area (Å²) in [5.74, 6) is 1.15. The monoisotopic (exact) mass is 279 g/mol. The normalized spacial score (nSPS) is 11.5. The average molecular weight is 279 g/mol. The van der Waals surface area contributed by atoms with Crippen molar-refractivity contribution in [2.45, 2.75) is 6.42 Å². The van der Waals surface area contributed by atoms with Crippen molar-refractivity contribution in [3.05, 3.63) is 42.1 Å². The lowest BCUT2D eigenvalue weighted by Crippen LogP contribution is -2.05. The number of anilines is 1. The molecule has 3 aromatic heterocycles. The van der Waals surface area contributed by atoms with Gasteiger partial charge in [-0.1, -0.05) is 12.1 Å². The van der Waals surface area contributed by atoms with Crippen LogP contribution in [0, 0.1) is 0 Å². The van der Waals surface area contributed by atoms with Crippen molar-refractivity contribution in [2.75, 3.05) is 5.73 Å².